The van der Waals surface area contributed by atoms with Crippen LogP contribution in [0.4, 0.5) is 0 Å². The second kappa shape index (κ2) is 42.0. The normalized spacial score (nSPS) is 14.5. The van der Waals surface area contributed by atoms with Crippen LogP contribution in [0.15, 0.2) is 122 Å². The van der Waals surface area contributed by atoms with Crippen molar-refractivity contribution in [2.45, 2.75) is 136 Å². The molecule has 0 aromatic heterocycles. The van der Waals surface area contributed by atoms with E-state index < -0.39 is 26.5 Å². The number of hydrogen-bond acceptors (Lipinski definition) is 7. The summed E-state index contributed by atoms with van der Waals surface area (Å²) in [4.78, 5) is 33.8. The van der Waals surface area contributed by atoms with Gasteiger partial charge in [0, 0.05) is 13.0 Å². The predicted octanol–water partition coefficient (Wildman–Crippen LogP) is 11.8. The highest BCUT2D eigenvalue weighted by molar-refractivity contribution is 7.47. The molecule has 0 aliphatic heterocycles. The first-order valence-electron chi connectivity index (χ1n) is 21.0. The maximum absolute atomic E-state index is 12.1. The van der Waals surface area contributed by atoms with Crippen molar-refractivity contribution in [1.82, 2.24) is 5.32 Å². The number of carbonyl (C=O) groups is 2. The first-order chi connectivity index (χ1) is 27.8. The molecule has 2 atom stereocenters. The molecule has 0 aromatic rings. The monoisotopic (exact) mass is 812 g/mol. The summed E-state index contributed by atoms with van der Waals surface area (Å²) in [5, 5.41) is 12.6. The SMILES string of the molecule is CC/C=C\C/C=C\C/C=C\C/C=C\C/C=C\C/C=C\C/C=C\CC(=O)OCC(O)COP(=O)(O)OCCNC(=O)CCCCCCC/C=C\C/C=C\C/C=C\CC. The zero-order valence-corrected chi connectivity index (χ0v) is 35.9. The number of nitrogens with one attached hydrogen (secondary N) is 1. The molecule has 0 saturated heterocycles. The Labute approximate surface area is 345 Å². The summed E-state index contributed by atoms with van der Waals surface area (Å²) in [5.41, 5.74) is 0. The Balaban J connectivity index is 3.80. The van der Waals surface area contributed by atoms with Crippen LogP contribution >= 0.6 is 7.82 Å². The van der Waals surface area contributed by atoms with E-state index in [4.69, 9.17) is 13.8 Å². The van der Waals surface area contributed by atoms with Gasteiger partial charge in [-0.1, -0.05) is 155 Å². The largest absolute Gasteiger partial charge is 0.472 e. The quantitative estimate of drug-likeness (QED) is 0.0245. The summed E-state index contributed by atoms with van der Waals surface area (Å²) in [6, 6.07) is 0. The highest BCUT2D eigenvalue weighted by Crippen LogP contribution is 2.42. The molecule has 0 heterocycles. The van der Waals surface area contributed by atoms with E-state index >= 15 is 0 Å². The average molecular weight is 812 g/mol. The second-order valence-electron chi connectivity index (χ2n) is 13.2. The lowest BCUT2D eigenvalue weighted by Gasteiger charge is -2.15. The molecule has 3 N–H and O–H groups in total. The van der Waals surface area contributed by atoms with Gasteiger partial charge in [0.25, 0.3) is 0 Å². The van der Waals surface area contributed by atoms with Crippen molar-refractivity contribution in [1.29, 1.82) is 0 Å². The Morgan fingerprint density at radius 2 is 0.982 bits per heavy atom. The first-order valence-corrected chi connectivity index (χ1v) is 22.5. The van der Waals surface area contributed by atoms with E-state index in [-0.39, 0.29) is 32.1 Å². The van der Waals surface area contributed by atoms with E-state index in [1.54, 1.807) is 6.08 Å². The standard InChI is InChI=1S/C47H74NO8P/c1-3-5-7-9-11-13-15-17-19-20-21-22-23-24-26-28-30-32-34-36-38-40-47(51)54-43-45(49)44-56-57(52,53)55-42-41-48-46(50)39-37-35-33-31-29-27-25-18-16-14-12-10-8-6-4-2/h5-8,11-14,17-19,21-22,24-26,30,32,36,38,45,49H,3-4,9-10,15-16,20,23,27-29,31,33-35,37,39-44H2,1-2H3,(H,48,50)(H,52,53)/b7-5-,8-6-,13-11-,14-12-,19-17-,22-21-,25-18-,26-24-,32-30-,38-36-. The number of ether oxygens (including phenoxy) is 1. The zero-order chi connectivity index (χ0) is 41.8. The maximum atomic E-state index is 12.1. The van der Waals surface area contributed by atoms with Gasteiger partial charge in [-0.15, -0.1) is 0 Å². The molecule has 0 bridgehead atoms. The molecule has 2 unspecified atom stereocenters. The van der Waals surface area contributed by atoms with Gasteiger partial charge in [-0.05, 0) is 83.5 Å². The summed E-state index contributed by atoms with van der Waals surface area (Å²) < 4.78 is 26.7. The molecular formula is C47H74NO8P. The molecule has 1 amide bonds. The number of phosphoric ester groups is 1. The Kier molecular flexibility index (Phi) is 39.4. The lowest BCUT2D eigenvalue weighted by atomic mass is 10.1. The van der Waals surface area contributed by atoms with Crippen molar-refractivity contribution in [3.8, 4) is 0 Å². The van der Waals surface area contributed by atoms with Crippen LogP contribution in [-0.2, 0) is 27.9 Å². The van der Waals surface area contributed by atoms with E-state index in [0.717, 1.165) is 96.3 Å². The van der Waals surface area contributed by atoms with Crippen molar-refractivity contribution in [2.75, 3.05) is 26.4 Å². The lowest BCUT2D eigenvalue weighted by molar-refractivity contribution is -0.146. The van der Waals surface area contributed by atoms with Gasteiger partial charge in [-0.2, -0.15) is 0 Å². The number of esters is 1. The number of carbonyl (C=O) groups excluding carboxylic acids is 2. The number of unbranched alkanes of at least 4 members (excludes halogenated alkanes) is 5. The fraction of sp³-hybridized carbons (Fsp3) is 0.532. The van der Waals surface area contributed by atoms with Crippen LogP contribution in [0.2, 0.25) is 0 Å². The van der Waals surface area contributed by atoms with Crippen LogP contribution in [0.5, 0.6) is 0 Å². The van der Waals surface area contributed by atoms with Crippen LogP contribution in [0, 0.1) is 0 Å². The third kappa shape index (κ3) is 43.4. The number of phosphoric acid groups is 1. The number of aliphatic hydroxyl groups is 1. The van der Waals surface area contributed by atoms with Gasteiger partial charge in [-0.3, -0.25) is 18.6 Å². The molecule has 57 heavy (non-hydrogen) atoms. The minimum atomic E-state index is -4.45. The summed E-state index contributed by atoms with van der Waals surface area (Å²) >= 11 is 0. The molecule has 0 aliphatic carbocycles. The van der Waals surface area contributed by atoms with E-state index in [0.29, 0.717) is 12.8 Å². The van der Waals surface area contributed by atoms with Gasteiger partial charge >= 0.3 is 13.8 Å². The Bertz CT molecular complexity index is 1340. The lowest BCUT2D eigenvalue weighted by Crippen LogP contribution is -2.27. The van der Waals surface area contributed by atoms with Crippen LogP contribution in [-0.4, -0.2) is 54.3 Å². The second-order valence-corrected chi connectivity index (χ2v) is 14.7. The minimum absolute atomic E-state index is 0.0394. The topological polar surface area (TPSA) is 131 Å². The van der Waals surface area contributed by atoms with E-state index in [1.165, 1.54) is 0 Å². The maximum Gasteiger partial charge on any atom is 0.472 e. The van der Waals surface area contributed by atoms with Crippen LogP contribution in [0.3, 0.4) is 0 Å². The zero-order valence-electron chi connectivity index (χ0n) is 35.0. The van der Waals surface area contributed by atoms with Crippen molar-refractivity contribution < 1.29 is 37.9 Å². The molecule has 0 fully saturated rings. The van der Waals surface area contributed by atoms with Gasteiger partial charge < -0.3 is 20.1 Å². The van der Waals surface area contributed by atoms with E-state index in [1.807, 2.05) is 12.2 Å². The fourth-order valence-corrected chi connectivity index (χ4v) is 5.59. The molecule has 10 heteroatoms. The Hall–Kier alpha value is -3.59. The van der Waals surface area contributed by atoms with Crippen molar-refractivity contribution in [3.05, 3.63) is 122 Å². The summed E-state index contributed by atoms with van der Waals surface area (Å²) in [5.74, 6) is -0.681. The predicted molar refractivity (Wildman–Crippen MR) is 238 cm³/mol. The van der Waals surface area contributed by atoms with Crippen LogP contribution in [0.1, 0.15) is 129 Å². The molecule has 0 aliphatic rings. The summed E-state index contributed by atoms with van der Waals surface area (Å²) in [7, 11) is -4.45. The van der Waals surface area contributed by atoms with Crippen LogP contribution in [0.25, 0.3) is 0 Å². The third-order valence-electron chi connectivity index (χ3n) is 7.92. The van der Waals surface area contributed by atoms with Gasteiger partial charge in [0.1, 0.15) is 12.7 Å². The van der Waals surface area contributed by atoms with Gasteiger partial charge in [0.2, 0.25) is 5.91 Å². The first kappa shape index (κ1) is 53.4. The molecule has 0 saturated carbocycles. The number of allylic oxidation sites excluding steroid dienone is 19. The van der Waals surface area contributed by atoms with Crippen molar-refractivity contribution in [2.24, 2.45) is 0 Å². The highest BCUT2D eigenvalue weighted by Gasteiger charge is 2.23. The van der Waals surface area contributed by atoms with Crippen molar-refractivity contribution >= 4 is 19.7 Å². The molecule has 320 valence electrons. The van der Waals surface area contributed by atoms with Gasteiger partial charge in [-0.25, -0.2) is 4.57 Å². The number of aliphatic hydroxyl groups excluding tert-OH is 1. The van der Waals surface area contributed by atoms with Crippen molar-refractivity contribution in [3.63, 3.8) is 0 Å². The summed E-state index contributed by atoms with van der Waals surface area (Å²) in [6.45, 7) is 3.15. The minimum Gasteiger partial charge on any atom is -0.463 e. The molecular weight excluding hydrogens is 737 g/mol. The molecule has 0 spiro atoms. The number of hydrogen-bond donors (Lipinski definition) is 3. The van der Waals surface area contributed by atoms with Gasteiger partial charge in [0.05, 0.1) is 19.6 Å². The highest BCUT2D eigenvalue weighted by atomic mass is 31.2. The Morgan fingerprint density at radius 3 is 1.47 bits per heavy atom. The fourth-order valence-electron chi connectivity index (χ4n) is 4.83. The number of rotatable bonds is 37. The van der Waals surface area contributed by atoms with Crippen LogP contribution < -0.4 is 5.32 Å². The molecule has 0 radical (unpaired) electrons. The third-order valence-corrected chi connectivity index (χ3v) is 8.90. The molecule has 9 nitrogen and oxygen atoms in total. The molecule has 0 rings (SSSR count). The molecule has 0 aromatic carbocycles. The number of amides is 1. The van der Waals surface area contributed by atoms with E-state index in [9.17, 15) is 24.2 Å². The smallest absolute Gasteiger partial charge is 0.463 e. The summed E-state index contributed by atoms with van der Waals surface area (Å²) in [6.07, 6.45) is 57.2. The van der Waals surface area contributed by atoms with E-state index in [2.05, 4.69) is 122 Å². The average Bonchev–Trinajstić information content (AvgIpc) is 3.20. The van der Waals surface area contributed by atoms with Gasteiger partial charge in [0.15, 0.2) is 0 Å². The Morgan fingerprint density at radius 1 is 0.561 bits per heavy atom.